The molecule has 0 unspecified atom stereocenters. The van der Waals surface area contributed by atoms with Crippen molar-refractivity contribution in [3.63, 3.8) is 0 Å². The number of ketones is 1. The van der Waals surface area contributed by atoms with E-state index in [4.69, 9.17) is 4.74 Å². The number of benzene rings is 2. The average Bonchev–Trinajstić information content (AvgIpc) is 2.72. The summed E-state index contributed by atoms with van der Waals surface area (Å²) >= 11 is 0. The Kier molecular flexibility index (Phi) is 5.46. The van der Waals surface area contributed by atoms with Gasteiger partial charge in [-0.15, -0.1) is 0 Å². The third-order valence-electron chi connectivity index (χ3n) is 4.63. The Hall–Kier alpha value is -3.92. The Morgan fingerprint density at radius 2 is 1.86 bits per heavy atom. The minimum atomic E-state index is -0.733. The number of nitriles is 1. The van der Waals surface area contributed by atoms with Crippen molar-refractivity contribution >= 4 is 5.78 Å². The van der Waals surface area contributed by atoms with E-state index in [1.807, 2.05) is 6.07 Å². The molecule has 29 heavy (non-hydrogen) atoms. The number of pyridine rings is 1. The minimum absolute atomic E-state index is 0.0845. The van der Waals surface area contributed by atoms with E-state index in [9.17, 15) is 24.3 Å². The van der Waals surface area contributed by atoms with Gasteiger partial charge in [-0.2, -0.15) is 5.26 Å². The first-order valence-electron chi connectivity index (χ1n) is 8.67. The van der Waals surface area contributed by atoms with E-state index in [0.717, 1.165) is 4.57 Å². The van der Waals surface area contributed by atoms with Crippen molar-refractivity contribution in [2.75, 3.05) is 7.11 Å². The molecular weight excluding hydrogens is 375 g/mol. The summed E-state index contributed by atoms with van der Waals surface area (Å²) in [5, 5.41) is 20.3. The first-order valence-corrected chi connectivity index (χ1v) is 8.67. The zero-order valence-electron chi connectivity index (χ0n) is 15.8. The molecule has 0 aliphatic rings. The van der Waals surface area contributed by atoms with Gasteiger partial charge in [-0.3, -0.25) is 14.2 Å². The number of carbonyl (C=O) groups excluding carboxylic acids is 1. The molecule has 2 aromatic carbocycles. The topological polar surface area (TPSA) is 92.3 Å². The van der Waals surface area contributed by atoms with Crippen molar-refractivity contribution in [2.45, 2.75) is 13.5 Å². The molecule has 0 atom stereocenters. The Morgan fingerprint density at radius 3 is 2.48 bits per heavy atom. The van der Waals surface area contributed by atoms with Gasteiger partial charge in [0.25, 0.3) is 5.56 Å². The molecule has 0 aliphatic carbocycles. The summed E-state index contributed by atoms with van der Waals surface area (Å²) in [5.41, 5.74) is -0.350. The molecule has 0 bridgehead atoms. The van der Waals surface area contributed by atoms with E-state index in [1.165, 1.54) is 44.4 Å². The van der Waals surface area contributed by atoms with Gasteiger partial charge in [-0.25, -0.2) is 4.39 Å². The minimum Gasteiger partial charge on any atom is -0.496 e. The highest BCUT2D eigenvalue weighted by molar-refractivity contribution is 6.13. The summed E-state index contributed by atoms with van der Waals surface area (Å²) in [6.07, 6.45) is 0. The van der Waals surface area contributed by atoms with Crippen LogP contribution in [0.15, 0.2) is 53.3 Å². The molecule has 0 saturated heterocycles. The fourth-order valence-corrected chi connectivity index (χ4v) is 3.11. The van der Waals surface area contributed by atoms with Crippen molar-refractivity contribution < 1.29 is 19.0 Å². The van der Waals surface area contributed by atoms with Crippen LogP contribution in [0.5, 0.6) is 11.6 Å². The largest absolute Gasteiger partial charge is 0.496 e. The van der Waals surface area contributed by atoms with Crippen LogP contribution in [-0.4, -0.2) is 22.6 Å². The van der Waals surface area contributed by atoms with Crippen molar-refractivity contribution in [3.8, 4) is 17.7 Å². The highest BCUT2D eigenvalue weighted by Gasteiger charge is 2.26. The molecule has 0 radical (unpaired) electrons. The summed E-state index contributed by atoms with van der Waals surface area (Å²) < 4.78 is 19.3. The van der Waals surface area contributed by atoms with Crippen LogP contribution in [0.3, 0.4) is 0 Å². The van der Waals surface area contributed by atoms with Crippen LogP contribution >= 0.6 is 0 Å². The maximum Gasteiger partial charge on any atom is 0.271 e. The average molecular weight is 392 g/mol. The molecular formula is C22H17FN2O4. The maximum absolute atomic E-state index is 13.2. The Bertz CT molecular complexity index is 1190. The van der Waals surface area contributed by atoms with E-state index in [0.29, 0.717) is 11.3 Å². The monoisotopic (exact) mass is 392 g/mol. The number of hydrogen-bond acceptors (Lipinski definition) is 5. The lowest BCUT2D eigenvalue weighted by Gasteiger charge is -2.16. The number of ether oxygens (including phenoxy) is 1. The lowest BCUT2D eigenvalue weighted by atomic mass is 9.96. The Morgan fingerprint density at radius 1 is 1.21 bits per heavy atom. The van der Waals surface area contributed by atoms with E-state index in [-0.39, 0.29) is 28.8 Å². The van der Waals surface area contributed by atoms with E-state index in [2.05, 4.69) is 0 Å². The third-order valence-corrected chi connectivity index (χ3v) is 4.63. The Labute approximate surface area is 166 Å². The fourth-order valence-electron chi connectivity index (χ4n) is 3.11. The molecule has 3 aromatic rings. The van der Waals surface area contributed by atoms with Crippen molar-refractivity contribution in [1.29, 1.82) is 5.26 Å². The molecule has 6 nitrogen and oxygen atoms in total. The number of halogens is 1. The van der Waals surface area contributed by atoms with Gasteiger partial charge < -0.3 is 9.84 Å². The SMILES string of the molecule is COc1ccccc1C(=O)c1c(C)c(C#N)c(=O)n(Cc2ccc(F)cc2)c1O. The van der Waals surface area contributed by atoms with E-state index >= 15 is 0 Å². The number of carbonyl (C=O) groups is 1. The van der Waals surface area contributed by atoms with Gasteiger partial charge in [0, 0.05) is 0 Å². The van der Waals surface area contributed by atoms with E-state index in [1.54, 1.807) is 18.2 Å². The quantitative estimate of drug-likeness (QED) is 0.674. The smallest absolute Gasteiger partial charge is 0.271 e. The molecule has 146 valence electrons. The molecule has 0 amide bonds. The van der Waals surface area contributed by atoms with Crippen molar-refractivity contribution in [2.24, 2.45) is 0 Å². The number of nitrogens with zero attached hydrogens (tertiary/aromatic N) is 2. The van der Waals surface area contributed by atoms with Gasteiger partial charge in [0.2, 0.25) is 11.7 Å². The summed E-state index contributed by atoms with van der Waals surface area (Å²) in [5.74, 6) is -1.29. The molecule has 1 N–H and O–H groups in total. The second kappa shape index (κ2) is 7.98. The second-order valence-corrected chi connectivity index (χ2v) is 6.36. The summed E-state index contributed by atoms with van der Waals surface area (Å²) in [6, 6.07) is 13.6. The van der Waals surface area contributed by atoms with Crippen LogP contribution in [0, 0.1) is 24.1 Å². The van der Waals surface area contributed by atoms with Gasteiger partial charge in [0.05, 0.1) is 24.8 Å². The van der Waals surface area contributed by atoms with E-state index < -0.39 is 23.0 Å². The van der Waals surface area contributed by atoms with Gasteiger partial charge in [-0.05, 0) is 42.3 Å². The van der Waals surface area contributed by atoms with Crippen molar-refractivity contribution in [1.82, 2.24) is 4.57 Å². The maximum atomic E-state index is 13.2. The zero-order chi connectivity index (χ0) is 21.1. The zero-order valence-corrected chi connectivity index (χ0v) is 15.8. The molecule has 1 aromatic heterocycles. The van der Waals surface area contributed by atoms with Gasteiger partial charge in [-0.1, -0.05) is 24.3 Å². The standard InChI is InChI=1S/C22H17FN2O4/c1-13-17(11-24)21(27)25(12-14-7-9-15(23)10-8-14)22(28)19(13)20(26)16-5-3-4-6-18(16)29-2/h3-10,28H,12H2,1-2H3. The predicted molar refractivity (Wildman–Crippen MR) is 104 cm³/mol. The highest BCUT2D eigenvalue weighted by Crippen LogP contribution is 2.29. The van der Waals surface area contributed by atoms with Crippen LogP contribution in [0.1, 0.15) is 32.6 Å². The lowest BCUT2D eigenvalue weighted by molar-refractivity contribution is 0.103. The summed E-state index contributed by atoms with van der Waals surface area (Å²) in [7, 11) is 1.41. The summed E-state index contributed by atoms with van der Waals surface area (Å²) in [4.78, 5) is 25.9. The molecule has 3 rings (SSSR count). The fraction of sp³-hybridized carbons (Fsp3) is 0.136. The van der Waals surface area contributed by atoms with Crippen LogP contribution in [0.25, 0.3) is 0 Å². The molecule has 0 spiro atoms. The molecule has 1 heterocycles. The molecule has 0 aliphatic heterocycles. The number of aromatic hydroxyl groups is 1. The third kappa shape index (κ3) is 3.60. The van der Waals surface area contributed by atoms with Gasteiger partial charge in [0.15, 0.2) is 0 Å². The number of methoxy groups -OCH3 is 1. The number of aromatic nitrogens is 1. The van der Waals surface area contributed by atoms with Crippen molar-refractivity contribution in [3.05, 3.63) is 92.5 Å². The molecule has 0 saturated carbocycles. The van der Waals surface area contributed by atoms with Gasteiger partial charge >= 0.3 is 0 Å². The lowest BCUT2D eigenvalue weighted by Crippen LogP contribution is -2.27. The second-order valence-electron chi connectivity index (χ2n) is 6.36. The van der Waals surface area contributed by atoms with Crippen LogP contribution in [0.2, 0.25) is 0 Å². The molecule has 0 fully saturated rings. The summed E-state index contributed by atoms with van der Waals surface area (Å²) in [6.45, 7) is 1.30. The van der Waals surface area contributed by atoms with Gasteiger partial charge in [0.1, 0.15) is 23.2 Å². The molecule has 7 heteroatoms. The Balaban J connectivity index is 2.22. The first kappa shape index (κ1) is 19.8. The predicted octanol–water partition coefficient (Wildman–Crippen LogP) is 3.16. The first-order chi connectivity index (χ1) is 13.9. The number of para-hydroxylation sites is 1. The number of hydrogen-bond donors (Lipinski definition) is 1. The van der Waals surface area contributed by atoms with Crippen LogP contribution in [-0.2, 0) is 6.54 Å². The van der Waals surface area contributed by atoms with Crippen LogP contribution in [0.4, 0.5) is 4.39 Å². The van der Waals surface area contributed by atoms with Crippen LogP contribution < -0.4 is 10.3 Å². The number of rotatable bonds is 5. The normalized spacial score (nSPS) is 10.4. The highest BCUT2D eigenvalue weighted by atomic mass is 19.1.